The molecule has 204 valence electrons. The summed E-state index contributed by atoms with van der Waals surface area (Å²) in [6.45, 7) is 6.08. The number of nitrogens with zero attached hydrogens (tertiary/aromatic N) is 3. The summed E-state index contributed by atoms with van der Waals surface area (Å²) in [4.78, 5) is 45.6. The molecule has 0 saturated heterocycles. The lowest BCUT2D eigenvalue weighted by Gasteiger charge is -2.22. The van der Waals surface area contributed by atoms with Crippen LogP contribution in [0.5, 0.6) is 0 Å². The number of carbonyl (C=O) groups is 3. The SMILES string of the molecule is CC(C)(C)OC(=O)N[C@@H](CCCCNC(=O)CCCCCNc1ccc([N+](=O)[O-])c2nonc12)C(=O)O. The largest absolute Gasteiger partial charge is 0.480 e. The highest BCUT2D eigenvalue weighted by Gasteiger charge is 2.23. The molecule has 0 spiro atoms. The highest BCUT2D eigenvalue weighted by atomic mass is 16.6. The van der Waals surface area contributed by atoms with Crippen LogP contribution in [0, 0.1) is 10.1 Å². The number of rotatable bonds is 15. The molecular weight excluding hydrogens is 488 g/mol. The van der Waals surface area contributed by atoms with Gasteiger partial charge in [-0.25, -0.2) is 14.2 Å². The average Bonchev–Trinajstić information content (AvgIpc) is 3.29. The van der Waals surface area contributed by atoms with Crippen LogP contribution >= 0.6 is 0 Å². The number of amides is 2. The maximum atomic E-state index is 12.0. The molecule has 4 N–H and O–H groups in total. The highest BCUT2D eigenvalue weighted by Crippen LogP contribution is 2.28. The van der Waals surface area contributed by atoms with Crippen molar-refractivity contribution >= 4 is 40.4 Å². The Morgan fingerprint density at radius 3 is 2.46 bits per heavy atom. The van der Waals surface area contributed by atoms with Crippen molar-refractivity contribution in [1.29, 1.82) is 0 Å². The lowest BCUT2D eigenvalue weighted by Crippen LogP contribution is -2.43. The zero-order valence-corrected chi connectivity index (χ0v) is 21.2. The van der Waals surface area contributed by atoms with Gasteiger partial charge in [-0.2, -0.15) is 0 Å². The zero-order chi connectivity index (χ0) is 27.4. The van der Waals surface area contributed by atoms with Gasteiger partial charge in [-0.15, -0.1) is 0 Å². The van der Waals surface area contributed by atoms with Gasteiger partial charge in [0.2, 0.25) is 11.4 Å². The number of benzene rings is 1. The predicted molar refractivity (Wildman–Crippen MR) is 133 cm³/mol. The maximum absolute atomic E-state index is 12.0. The van der Waals surface area contributed by atoms with E-state index in [0.29, 0.717) is 50.0 Å². The van der Waals surface area contributed by atoms with Crippen molar-refractivity contribution in [3.8, 4) is 0 Å². The number of hydrogen-bond acceptors (Lipinski definition) is 10. The molecule has 0 bridgehead atoms. The summed E-state index contributed by atoms with van der Waals surface area (Å²) in [6.07, 6.45) is 3.17. The number of aliphatic carboxylic acids is 1. The number of non-ortho nitro benzene ring substituents is 1. The standard InChI is InChI=1S/C23H34N6O8/c1-23(2,3)36-22(33)26-16(21(31)32)9-6-8-14-25-18(30)10-5-4-7-13-24-15-11-12-17(29(34)35)20-19(15)27-37-28-20/h11-12,16,24H,4-10,13-14H2,1-3H3,(H,25,30)(H,26,33)(H,31,32)/t16-/m0/s1. The molecule has 1 aromatic heterocycles. The zero-order valence-electron chi connectivity index (χ0n) is 21.2. The van der Waals surface area contributed by atoms with Crippen LogP contribution in [0.2, 0.25) is 0 Å². The fourth-order valence-electron chi connectivity index (χ4n) is 3.45. The number of carbonyl (C=O) groups excluding carboxylic acids is 2. The number of nitrogens with one attached hydrogen (secondary N) is 3. The van der Waals surface area contributed by atoms with Crippen molar-refractivity contribution in [3.63, 3.8) is 0 Å². The van der Waals surface area contributed by atoms with Gasteiger partial charge in [-0.1, -0.05) is 6.42 Å². The van der Waals surface area contributed by atoms with Gasteiger partial charge in [0.25, 0.3) is 0 Å². The first-order valence-corrected chi connectivity index (χ1v) is 12.1. The third-order valence-electron chi connectivity index (χ3n) is 5.22. The minimum Gasteiger partial charge on any atom is -0.480 e. The first kappa shape index (κ1) is 29.3. The Morgan fingerprint density at radius 2 is 1.78 bits per heavy atom. The van der Waals surface area contributed by atoms with E-state index in [1.807, 2.05) is 0 Å². The van der Waals surface area contributed by atoms with E-state index in [1.165, 1.54) is 6.07 Å². The van der Waals surface area contributed by atoms with Crippen molar-refractivity contribution in [1.82, 2.24) is 20.9 Å². The quantitative estimate of drug-likeness (QED) is 0.152. The monoisotopic (exact) mass is 522 g/mol. The lowest BCUT2D eigenvalue weighted by atomic mass is 10.1. The summed E-state index contributed by atoms with van der Waals surface area (Å²) in [5.74, 6) is -1.22. The van der Waals surface area contributed by atoms with Gasteiger partial charge in [0, 0.05) is 25.6 Å². The molecule has 2 rings (SSSR count). The molecule has 1 atom stereocenters. The Kier molecular flexibility index (Phi) is 11.0. The van der Waals surface area contributed by atoms with E-state index in [0.717, 1.165) is 12.8 Å². The Morgan fingerprint density at radius 1 is 1.08 bits per heavy atom. The molecule has 0 radical (unpaired) electrons. The smallest absolute Gasteiger partial charge is 0.408 e. The fourth-order valence-corrected chi connectivity index (χ4v) is 3.45. The van der Waals surface area contributed by atoms with Crippen LogP contribution in [0.3, 0.4) is 0 Å². The molecule has 0 aliphatic rings. The third kappa shape index (κ3) is 10.3. The molecule has 0 fully saturated rings. The molecular formula is C23H34N6O8. The summed E-state index contributed by atoms with van der Waals surface area (Å²) in [7, 11) is 0. The summed E-state index contributed by atoms with van der Waals surface area (Å²) in [5, 5.41) is 35.9. The van der Waals surface area contributed by atoms with Crippen LogP contribution in [0.1, 0.15) is 65.7 Å². The van der Waals surface area contributed by atoms with Gasteiger partial charge in [0.15, 0.2) is 5.52 Å². The average molecular weight is 523 g/mol. The van der Waals surface area contributed by atoms with Crippen LogP contribution in [-0.4, -0.2) is 63.0 Å². The second kappa shape index (κ2) is 13.9. The molecule has 14 nitrogen and oxygen atoms in total. The second-order valence-corrected chi connectivity index (χ2v) is 9.47. The number of fused-ring (bicyclic) bond motifs is 1. The minimum atomic E-state index is -1.14. The summed E-state index contributed by atoms with van der Waals surface area (Å²) >= 11 is 0. The molecule has 0 aliphatic heterocycles. The molecule has 1 aromatic carbocycles. The molecule has 2 aromatic rings. The van der Waals surface area contributed by atoms with E-state index >= 15 is 0 Å². The summed E-state index contributed by atoms with van der Waals surface area (Å²) in [5.41, 5.74) is 0.0786. The Labute approximate surface area is 213 Å². The van der Waals surface area contributed by atoms with E-state index in [1.54, 1.807) is 26.8 Å². The third-order valence-corrected chi connectivity index (χ3v) is 5.22. The lowest BCUT2D eigenvalue weighted by molar-refractivity contribution is -0.383. The number of carboxylic acids is 1. The van der Waals surface area contributed by atoms with Gasteiger partial charge in [0.05, 0.1) is 10.6 Å². The summed E-state index contributed by atoms with van der Waals surface area (Å²) in [6, 6.07) is 1.85. The maximum Gasteiger partial charge on any atom is 0.408 e. The van der Waals surface area contributed by atoms with Gasteiger partial charge < -0.3 is 25.8 Å². The Balaban J connectivity index is 1.56. The number of carboxylic acid groups (broad SMARTS) is 1. The first-order valence-electron chi connectivity index (χ1n) is 12.1. The van der Waals surface area contributed by atoms with Crippen molar-refractivity contribution in [2.24, 2.45) is 0 Å². The number of alkyl carbamates (subject to hydrolysis) is 1. The molecule has 2 amide bonds. The number of aromatic nitrogens is 2. The van der Waals surface area contributed by atoms with E-state index in [2.05, 4.69) is 30.9 Å². The number of nitro benzene ring substituents is 1. The number of anilines is 1. The summed E-state index contributed by atoms with van der Waals surface area (Å²) < 4.78 is 9.71. The Bertz CT molecular complexity index is 1080. The molecule has 0 aliphatic carbocycles. The van der Waals surface area contributed by atoms with E-state index in [-0.39, 0.29) is 23.5 Å². The molecule has 0 unspecified atom stereocenters. The number of hydrogen-bond donors (Lipinski definition) is 4. The van der Waals surface area contributed by atoms with E-state index in [4.69, 9.17) is 4.74 Å². The minimum absolute atomic E-state index is 0.0830. The topological polar surface area (TPSA) is 199 Å². The normalized spacial score (nSPS) is 12.1. The van der Waals surface area contributed by atoms with Crippen molar-refractivity contribution < 1.29 is 33.8 Å². The van der Waals surface area contributed by atoms with Gasteiger partial charge in [-0.3, -0.25) is 14.9 Å². The van der Waals surface area contributed by atoms with Crippen molar-refractivity contribution in [2.75, 3.05) is 18.4 Å². The number of unbranched alkanes of at least 4 members (excludes halogenated alkanes) is 3. The van der Waals surface area contributed by atoms with Crippen molar-refractivity contribution in [3.05, 3.63) is 22.2 Å². The van der Waals surface area contributed by atoms with Crippen LogP contribution < -0.4 is 16.0 Å². The number of ether oxygens (including phenoxy) is 1. The van der Waals surface area contributed by atoms with Gasteiger partial charge >= 0.3 is 17.7 Å². The fraction of sp³-hybridized carbons (Fsp3) is 0.609. The van der Waals surface area contributed by atoms with Gasteiger partial charge in [0.1, 0.15) is 11.6 Å². The van der Waals surface area contributed by atoms with Crippen LogP contribution in [-0.2, 0) is 14.3 Å². The molecule has 1 heterocycles. The molecule has 14 heteroatoms. The van der Waals surface area contributed by atoms with Crippen LogP contribution in [0.15, 0.2) is 16.8 Å². The van der Waals surface area contributed by atoms with Crippen LogP contribution in [0.25, 0.3) is 11.0 Å². The van der Waals surface area contributed by atoms with Crippen LogP contribution in [0.4, 0.5) is 16.2 Å². The van der Waals surface area contributed by atoms with Crippen molar-refractivity contribution in [2.45, 2.75) is 77.4 Å². The molecule has 0 saturated carbocycles. The van der Waals surface area contributed by atoms with Gasteiger partial charge in [-0.05, 0) is 69.3 Å². The van der Waals surface area contributed by atoms with E-state index in [9.17, 15) is 29.6 Å². The first-order chi connectivity index (χ1) is 17.5. The highest BCUT2D eigenvalue weighted by molar-refractivity contribution is 5.93. The number of nitro groups is 1. The Hall–Kier alpha value is -3.97. The van der Waals surface area contributed by atoms with E-state index < -0.39 is 28.6 Å². The second-order valence-electron chi connectivity index (χ2n) is 9.47. The predicted octanol–water partition coefficient (Wildman–Crippen LogP) is 3.37. The molecule has 37 heavy (non-hydrogen) atoms.